The van der Waals surface area contributed by atoms with Crippen molar-refractivity contribution in [1.29, 1.82) is 0 Å². The number of esters is 4. The van der Waals surface area contributed by atoms with E-state index in [0.717, 1.165) is 24.3 Å². The largest absolute Gasteiger partial charge is 1.00 e. The molecular formula is C78H96Cl2N8O20. The smallest absolute Gasteiger partial charge is 0.410 e. The van der Waals surface area contributed by atoms with Gasteiger partial charge in [0.1, 0.15) is 48.6 Å². The molecule has 3 aliphatic carbocycles. The van der Waals surface area contributed by atoms with E-state index in [1.165, 1.54) is 71.0 Å². The first-order valence-electron chi connectivity index (χ1n) is 35.3. The lowest BCUT2D eigenvalue weighted by Crippen LogP contribution is -3.00. The number of nitrogens with zero attached hydrogens (tertiary/aromatic N) is 2. The van der Waals surface area contributed by atoms with Crippen molar-refractivity contribution < 1.29 is 132 Å². The Morgan fingerprint density at radius 3 is 1.82 bits per heavy atom. The molecule has 1 heterocycles. The Labute approximate surface area is 638 Å². The maximum absolute atomic E-state index is 16.0. The third kappa shape index (κ3) is 19.0. The number of ketones is 1. The van der Waals surface area contributed by atoms with Crippen LogP contribution in [-0.4, -0.2) is 192 Å². The Morgan fingerprint density at radius 1 is 0.685 bits per heavy atom. The number of ether oxygens (including phenoxy) is 7. The average Bonchev–Trinajstić information content (AvgIpc) is 0.668. The van der Waals surface area contributed by atoms with Gasteiger partial charge in [-0.15, -0.1) is 0 Å². The van der Waals surface area contributed by atoms with Gasteiger partial charge in [-0.3, -0.25) is 33.6 Å². The maximum Gasteiger partial charge on any atom is 0.410 e. The van der Waals surface area contributed by atoms with E-state index in [-0.39, 0.29) is 91.6 Å². The molecule has 2 bridgehead atoms. The van der Waals surface area contributed by atoms with Crippen molar-refractivity contribution >= 4 is 71.2 Å². The molecule has 14 atom stereocenters. The second-order valence-corrected chi connectivity index (χ2v) is 28.4. The minimum Gasteiger partial charge on any atom is -1.00 e. The van der Waals surface area contributed by atoms with Crippen LogP contribution in [0.25, 0.3) is 0 Å². The molecule has 5 aromatic carbocycles. The molecule has 5 aromatic rings. The number of hydrogen-bond donors (Lipinski definition) is 8. The predicted octanol–water partition coefficient (Wildman–Crippen LogP) is -1.72. The van der Waals surface area contributed by atoms with Gasteiger partial charge >= 0.3 is 36.1 Å². The lowest BCUT2D eigenvalue weighted by Gasteiger charge is -2.67. The molecule has 12 N–H and O–H groups in total. The Bertz CT molecular complexity index is 4070. The van der Waals surface area contributed by atoms with Gasteiger partial charge in [0.25, 0.3) is 11.8 Å². The summed E-state index contributed by atoms with van der Waals surface area (Å²) in [5.41, 5.74) is 1.31. The van der Waals surface area contributed by atoms with Crippen molar-refractivity contribution in [3.8, 4) is 0 Å². The van der Waals surface area contributed by atoms with Crippen LogP contribution in [-0.2, 0) is 79.7 Å². The summed E-state index contributed by atoms with van der Waals surface area (Å²) in [4.78, 5) is 159. The number of carbonyl (C=O) groups excluding carboxylic acids is 11. The number of aliphatic hydroxyl groups is 2. The van der Waals surface area contributed by atoms with Crippen molar-refractivity contribution in [1.82, 2.24) is 25.8 Å². The summed E-state index contributed by atoms with van der Waals surface area (Å²) in [5.74, 6) is -8.92. The first kappa shape index (κ1) is 85.4. The molecule has 1 aliphatic heterocycles. The fraction of sp³-hybridized carbons (Fsp3) is 0.449. The zero-order chi connectivity index (χ0) is 77.0. The van der Waals surface area contributed by atoms with Gasteiger partial charge in [0.05, 0.1) is 36.2 Å². The van der Waals surface area contributed by atoms with Crippen LogP contribution in [0.5, 0.6) is 0 Å². The number of carbonyl (C=O) groups is 11. The normalized spacial score (nSPS) is 23.6. The standard InChI is InChI=1S/C78H94N8O20.2ClH/c1-45-57(42-78(99)66(105-71(95)53-30-20-13-21-31-53)64-76(7,58(89)41-59-77(64,44-101-59)106-48(4)88)65(90)62(102-47(3)87)60(45)75(78,5)6)103-72(96)63(61(51-26-16-11-17-27-51)84-68(92)52-28-18-12-19-29-52)104-74(98)86(9)39-38-85(8)73(97)100-43-50-33-35-54(36-34-50)81-69(93)55(32-22-23-37-79)82-70(94)56(83-67(91)46(2)80)40-49-24-14-10-15-25-49;;/h10-21,24-31,33-36,46,55-59,61-64,66,89,99H,22-23,32,37-44,79-80H2,1-9H3,(H,81,93)(H,82,94)(H,83,91)(H,84,92);2*1H/t46-,55+,56+,57+,58+,59-,61+,62-,63-,64+,66+,76-,77+,78-;;/m1../s1. The predicted molar refractivity (Wildman–Crippen MR) is 380 cm³/mol. The zero-order valence-corrected chi connectivity index (χ0v) is 63.3. The van der Waals surface area contributed by atoms with Gasteiger partial charge in [0.2, 0.25) is 17.9 Å². The second kappa shape index (κ2) is 36.9. The van der Waals surface area contributed by atoms with Gasteiger partial charge in [-0.1, -0.05) is 123 Å². The lowest BCUT2D eigenvalue weighted by molar-refractivity contribution is -0.398. The van der Waals surface area contributed by atoms with Gasteiger partial charge in [0, 0.05) is 77.0 Å². The van der Waals surface area contributed by atoms with Gasteiger partial charge in [-0.2, -0.15) is 0 Å². The molecular weight excluding hydrogens is 1440 g/mol. The number of hydrogen-bond acceptors (Lipinski definition) is 20. The number of fused-ring (bicyclic) bond motifs is 5. The summed E-state index contributed by atoms with van der Waals surface area (Å²) in [5, 5.41) is 37.9. The van der Waals surface area contributed by atoms with Crippen LogP contribution in [0, 0.1) is 16.7 Å². The first-order chi connectivity index (χ1) is 50.3. The van der Waals surface area contributed by atoms with Gasteiger partial charge in [0.15, 0.2) is 23.5 Å². The molecule has 582 valence electrons. The highest BCUT2D eigenvalue weighted by molar-refractivity contribution is 5.99. The van der Waals surface area contributed by atoms with Crippen molar-refractivity contribution in [2.45, 2.75) is 166 Å². The summed E-state index contributed by atoms with van der Waals surface area (Å²) >= 11 is 0. The molecule has 1 saturated heterocycles. The lowest BCUT2D eigenvalue weighted by atomic mass is 9.44. The van der Waals surface area contributed by atoms with E-state index in [1.807, 2.05) is 30.3 Å². The number of unbranched alkanes of at least 4 members (excludes halogenated alkanes) is 1. The quantitative estimate of drug-likeness (QED) is 0.0120. The number of aliphatic hydroxyl groups excluding tert-OH is 1. The van der Waals surface area contributed by atoms with E-state index in [4.69, 9.17) is 33.2 Å². The Morgan fingerprint density at radius 2 is 1.26 bits per heavy atom. The van der Waals surface area contributed by atoms with Crippen molar-refractivity contribution in [2.75, 3.05) is 45.7 Å². The topological polar surface area (TPSA) is 403 Å². The zero-order valence-electron chi connectivity index (χ0n) is 61.8. The van der Waals surface area contributed by atoms with Crippen molar-refractivity contribution in [2.24, 2.45) is 16.7 Å². The summed E-state index contributed by atoms with van der Waals surface area (Å²) in [7, 11) is 2.75. The fourth-order valence-electron chi connectivity index (χ4n) is 14.6. The number of Topliss-reactive ketones (excluding diaryl/α,β-unsaturated/α-hetero) is 1. The van der Waals surface area contributed by atoms with E-state index in [2.05, 4.69) is 32.7 Å². The van der Waals surface area contributed by atoms with E-state index < -0.39 is 167 Å². The van der Waals surface area contributed by atoms with Crippen LogP contribution in [0.4, 0.5) is 15.3 Å². The fourth-order valence-corrected chi connectivity index (χ4v) is 14.6. The molecule has 0 spiro atoms. The molecule has 4 aliphatic rings. The van der Waals surface area contributed by atoms with Gasteiger partial charge in [-0.05, 0) is 104 Å². The Kier molecular flexibility index (Phi) is 29.2. The third-order valence-electron chi connectivity index (χ3n) is 20.7. The number of benzene rings is 5. The number of halogens is 2. The molecule has 3 fully saturated rings. The Balaban J connectivity index is 0.00000812. The molecule has 108 heavy (non-hydrogen) atoms. The van der Waals surface area contributed by atoms with Gasteiger partial charge < -0.3 is 111 Å². The van der Waals surface area contributed by atoms with Crippen LogP contribution in [0.15, 0.2) is 157 Å². The van der Waals surface area contributed by atoms with Crippen LogP contribution < -0.4 is 57.5 Å². The van der Waals surface area contributed by atoms with Crippen molar-refractivity contribution in [3.63, 3.8) is 0 Å². The van der Waals surface area contributed by atoms with E-state index in [0.29, 0.717) is 30.6 Å². The molecule has 2 saturated carbocycles. The van der Waals surface area contributed by atoms with Crippen LogP contribution in [0.3, 0.4) is 0 Å². The van der Waals surface area contributed by atoms with E-state index in [1.54, 1.807) is 97.9 Å². The summed E-state index contributed by atoms with van der Waals surface area (Å²) in [6.07, 6.45) is -11.7. The minimum atomic E-state index is -2.56. The molecule has 0 aromatic heterocycles. The average molecular weight is 1540 g/mol. The molecule has 0 unspecified atom stereocenters. The number of anilines is 1. The Hall–Kier alpha value is -9.81. The number of nitrogens with one attached hydrogen (secondary N) is 4. The highest BCUT2D eigenvalue weighted by atomic mass is 35.5. The molecule has 30 heteroatoms. The second-order valence-electron chi connectivity index (χ2n) is 28.4. The SMILES string of the molecule is CC(=O)O[C@H]1C(=O)[C@@]2(C)[C@H]([C@H](OC(=O)c3ccccc3)[C@]3(O)C[C@H](OC(=O)[C@H](OC(=O)N(C)CCN(C)C(=O)OCc4ccc(NC(=O)[C@H](CCCC[NH3+])NC(=O)[C@H](Cc5ccccc5)NC(=O)[C@@H](C)[NH3+])cc4)[C@@H](NC(=O)c4ccccc4)c4ccccc4)C(C)=C1C3(C)C)[C@]1(OC(C)=O)CO[C@@H]1C[C@@H]2O.[Cl-].[Cl-]. The van der Waals surface area contributed by atoms with Crippen LogP contribution in [0.1, 0.15) is 124 Å². The summed E-state index contributed by atoms with van der Waals surface area (Å²) in [6.45, 7) is 9.28. The highest BCUT2D eigenvalue weighted by Gasteiger charge is 2.78. The molecule has 0 radical (unpaired) electrons. The maximum atomic E-state index is 16.0. The molecule has 9 rings (SSSR count). The monoisotopic (exact) mass is 1530 g/mol. The summed E-state index contributed by atoms with van der Waals surface area (Å²) in [6, 6.07) is 35.2. The van der Waals surface area contributed by atoms with E-state index in [9.17, 15) is 53.4 Å². The summed E-state index contributed by atoms with van der Waals surface area (Å²) < 4.78 is 43.0. The van der Waals surface area contributed by atoms with Crippen LogP contribution >= 0.6 is 0 Å². The third-order valence-corrected chi connectivity index (χ3v) is 20.7. The highest BCUT2D eigenvalue weighted by Crippen LogP contribution is 2.64. The number of quaternary nitrogens is 2. The number of rotatable bonds is 28. The van der Waals surface area contributed by atoms with Crippen LogP contribution in [0.2, 0.25) is 0 Å². The first-order valence-corrected chi connectivity index (χ1v) is 35.3. The van der Waals surface area contributed by atoms with Gasteiger partial charge in [-0.25, -0.2) is 19.2 Å². The van der Waals surface area contributed by atoms with E-state index >= 15 is 9.59 Å². The molecule has 6 amide bonds. The molecule has 28 nitrogen and oxygen atoms in total. The minimum absolute atomic E-state index is 0. The number of likely N-dealkylation sites (N-methyl/N-ethyl adjacent to an activating group) is 2. The number of amides is 6. The van der Waals surface area contributed by atoms with Crippen molar-refractivity contribution in [3.05, 3.63) is 185 Å².